The largest absolute Gasteiger partial charge is 0.384 e. The number of sulfone groups is 1. The molecule has 0 radical (unpaired) electrons. The summed E-state index contributed by atoms with van der Waals surface area (Å²) >= 11 is 0. The molecule has 6 nitrogen and oxygen atoms in total. The second kappa shape index (κ2) is 5.96. The fourth-order valence-corrected chi connectivity index (χ4v) is 4.51. The normalized spacial score (nSPS) is 11.8. The lowest BCUT2D eigenvalue weighted by Crippen LogP contribution is -2.07. The Bertz CT molecular complexity index is 1250. The first-order valence-electron chi connectivity index (χ1n) is 7.99. The van der Waals surface area contributed by atoms with Crippen molar-refractivity contribution in [2.45, 2.75) is 16.3 Å². The third-order valence-corrected chi connectivity index (χ3v) is 6.01. The molecule has 26 heavy (non-hydrogen) atoms. The highest BCUT2D eigenvalue weighted by molar-refractivity contribution is 7.92. The van der Waals surface area contributed by atoms with Gasteiger partial charge in [-0.15, -0.1) is 6.58 Å². The Hall–Kier alpha value is -3.19. The van der Waals surface area contributed by atoms with Crippen LogP contribution in [0, 0.1) is 0 Å². The molecule has 0 spiro atoms. The van der Waals surface area contributed by atoms with E-state index in [1.54, 1.807) is 47.0 Å². The lowest BCUT2D eigenvalue weighted by atomic mass is 10.3. The molecule has 130 valence electrons. The molecule has 0 bridgehead atoms. The van der Waals surface area contributed by atoms with Crippen molar-refractivity contribution < 1.29 is 8.42 Å². The fraction of sp³-hybridized carbons (Fsp3) is 0.0526. The predicted molar refractivity (Wildman–Crippen MR) is 102 cm³/mol. The van der Waals surface area contributed by atoms with Crippen LogP contribution in [0.3, 0.4) is 0 Å². The van der Waals surface area contributed by atoms with E-state index < -0.39 is 9.84 Å². The van der Waals surface area contributed by atoms with Gasteiger partial charge in [-0.3, -0.25) is 0 Å². The number of hydrogen-bond donors (Lipinski definition) is 1. The van der Waals surface area contributed by atoms with Crippen LogP contribution < -0.4 is 5.73 Å². The maximum atomic E-state index is 13.2. The smallest absolute Gasteiger partial charge is 0.212 e. The van der Waals surface area contributed by atoms with Crippen LogP contribution in [-0.4, -0.2) is 23.0 Å². The summed E-state index contributed by atoms with van der Waals surface area (Å²) in [7, 11) is -3.85. The van der Waals surface area contributed by atoms with Gasteiger partial charge in [-0.1, -0.05) is 36.4 Å². The predicted octanol–water partition coefficient (Wildman–Crippen LogP) is 3.19. The first kappa shape index (κ1) is 16.3. The lowest BCUT2D eigenvalue weighted by Gasteiger charge is -2.05. The molecule has 0 unspecified atom stereocenters. The Morgan fingerprint density at radius 2 is 1.62 bits per heavy atom. The minimum Gasteiger partial charge on any atom is -0.384 e. The van der Waals surface area contributed by atoms with Crippen molar-refractivity contribution in [1.29, 1.82) is 0 Å². The van der Waals surface area contributed by atoms with Crippen molar-refractivity contribution in [3.8, 4) is 0 Å². The van der Waals surface area contributed by atoms with Gasteiger partial charge < -0.3 is 10.3 Å². The van der Waals surface area contributed by atoms with Crippen LogP contribution in [-0.2, 0) is 16.4 Å². The summed E-state index contributed by atoms with van der Waals surface area (Å²) in [5.41, 5.74) is 8.23. The molecule has 0 saturated heterocycles. The van der Waals surface area contributed by atoms with E-state index in [1.807, 2.05) is 18.2 Å². The zero-order valence-corrected chi connectivity index (χ0v) is 14.6. The summed E-state index contributed by atoms with van der Waals surface area (Å²) < 4.78 is 28.1. The molecule has 0 atom stereocenters. The number of para-hydroxylation sites is 2. The zero-order valence-electron chi connectivity index (χ0n) is 13.8. The van der Waals surface area contributed by atoms with Crippen molar-refractivity contribution in [2.24, 2.45) is 0 Å². The van der Waals surface area contributed by atoms with E-state index in [1.165, 1.54) is 0 Å². The van der Waals surface area contributed by atoms with Crippen LogP contribution in [0.2, 0.25) is 0 Å². The standard InChI is InChI=1S/C19H16N4O2S/c1-2-12-23-18(20)17(26(24,25)13-8-4-3-5-9-13)16-19(23)22-15-11-7-6-10-14(15)21-16/h2-11H,1,12,20H2. The van der Waals surface area contributed by atoms with E-state index >= 15 is 0 Å². The van der Waals surface area contributed by atoms with Gasteiger partial charge in [0.1, 0.15) is 16.2 Å². The minimum atomic E-state index is -3.85. The number of allylic oxidation sites excluding steroid dienone is 1. The number of anilines is 1. The Balaban J connectivity index is 2.13. The molecule has 4 aromatic rings. The van der Waals surface area contributed by atoms with Gasteiger partial charge in [-0.2, -0.15) is 0 Å². The van der Waals surface area contributed by atoms with E-state index in [2.05, 4.69) is 16.5 Å². The van der Waals surface area contributed by atoms with Gasteiger partial charge in [0.25, 0.3) is 0 Å². The van der Waals surface area contributed by atoms with Crippen molar-refractivity contribution in [3.63, 3.8) is 0 Å². The quantitative estimate of drug-likeness (QED) is 0.562. The summed E-state index contributed by atoms with van der Waals surface area (Å²) in [6, 6.07) is 15.5. The summed E-state index contributed by atoms with van der Waals surface area (Å²) in [6.45, 7) is 4.05. The molecule has 7 heteroatoms. The highest BCUT2D eigenvalue weighted by atomic mass is 32.2. The van der Waals surface area contributed by atoms with Crippen LogP contribution in [0.25, 0.3) is 22.2 Å². The number of fused-ring (bicyclic) bond motifs is 2. The second-order valence-corrected chi connectivity index (χ2v) is 7.70. The van der Waals surface area contributed by atoms with Gasteiger partial charge in [0.05, 0.1) is 15.9 Å². The molecule has 4 rings (SSSR count). The number of aromatic nitrogens is 3. The SMILES string of the molecule is C=CCn1c(N)c(S(=O)(=O)c2ccccc2)c2nc3ccccc3nc21. The molecule has 0 aliphatic carbocycles. The van der Waals surface area contributed by atoms with Crippen molar-refractivity contribution in [3.05, 3.63) is 67.3 Å². The zero-order chi connectivity index (χ0) is 18.3. The molecule has 0 aliphatic heterocycles. The number of hydrogen-bond acceptors (Lipinski definition) is 5. The molecule has 0 amide bonds. The number of nitrogen functional groups attached to an aromatic ring is 1. The first-order chi connectivity index (χ1) is 12.5. The fourth-order valence-electron chi connectivity index (χ4n) is 2.99. The molecule has 2 aromatic heterocycles. The average molecular weight is 364 g/mol. The number of rotatable bonds is 4. The third-order valence-electron chi connectivity index (χ3n) is 4.18. The van der Waals surface area contributed by atoms with Crippen LogP contribution in [0.15, 0.2) is 77.0 Å². The van der Waals surface area contributed by atoms with Crippen LogP contribution in [0.4, 0.5) is 5.82 Å². The number of nitrogens with two attached hydrogens (primary N) is 1. The van der Waals surface area contributed by atoms with E-state index in [-0.39, 0.29) is 21.1 Å². The van der Waals surface area contributed by atoms with Gasteiger partial charge in [0.15, 0.2) is 5.65 Å². The highest BCUT2D eigenvalue weighted by Crippen LogP contribution is 2.35. The van der Waals surface area contributed by atoms with Crippen LogP contribution in [0.1, 0.15) is 0 Å². The maximum absolute atomic E-state index is 13.2. The molecular formula is C19H16N4O2S. The van der Waals surface area contributed by atoms with Gasteiger partial charge in [-0.25, -0.2) is 18.4 Å². The van der Waals surface area contributed by atoms with E-state index in [9.17, 15) is 8.42 Å². The van der Waals surface area contributed by atoms with Gasteiger partial charge in [-0.05, 0) is 24.3 Å². The molecule has 2 aromatic carbocycles. The maximum Gasteiger partial charge on any atom is 0.212 e. The van der Waals surface area contributed by atoms with E-state index in [0.717, 1.165) is 0 Å². The summed E-state index contributed by atoms with van der Waals surface area (Å²) in [4.78, 5) is 9.30. The monoisotopic (exact) mass is 364 g/mol. The van der Waals surface area contributed by atoms with Crippen LogP contribution >= 0.6 is 0 Å². The Morgan fingerprint density at radius 3 is 2.27 bits per heavy atom. The molecule has 0 saturated carbocycles. The Labute approximate surface area is 150 Å². The molecule has 0 aliphatic rings. The van der Waals surface area contributed by atoms with E-state index in [0.29, 0.717) is 23.2 Å². The topological polar surface area (TPSA) is 90.9 Å². The lowest BCUT2D eigenvalue weighted by molar-refractivity contribution is 0.597. The number of benzene rings is 2. The molecular weight excluding hydrogens is 348 g/mol. The van der Waals surface area contributed by atoms with Gasteiger partial charge >= 0.3 is 0 Å². The van der Waals surface area contributed by atoms with Crippen molar-refractivity contribution in [2.75, 3.05) is 5.73 Å². The molecule has 2 heterocycles. The number of nitrogens with zero attached hydrogens (tertiary/aromatic N) is 3. The van der Waals surface area contributed by atoms with Gasteiger partial charge in [0, 0.05) is 6.54 Å². The second-order valence-electron chi connectivity index (χ2n) is 5.81. The minimum absolute atomic E-state index is 0.0150. The van der Waals surface area contributed by atoms with Crippen LogP contribution in [0.5, 0.6) is 0 Å². The van der Waals surface area contributed by atoms with Crippen molar-refractivity contribution in [1.82, 2.24) is 14.5 Å². The molecule has 0 fully saturated rings. The summed E-state index contributed by atoms with van der Waals surface area (Å²) in [5, 5.41) is 0. The highest BCUT2D eigenvalue weighted by Gasteiger charge is 2.29. The first-order valence-corrected chi connectivity index (χ1v) is 9.48. The third kappa shape index (κ3) is 2.36. The van der Waals surface area contributed by atoms with Gasteiger partial charge in [0.2, 0.25) is 9.84 Å². The average Bonchev–Trinajstić information content (AvgIpc) is 2.92. The summed E-state index contributed by atoms with van der Waals surface area (Å²) in [5.74, 6) is 0.110. The molecule has 2 N–H and O–H groups in total. The van der Waals surface area contributed by atoms with E-state index in [4.69, 9.17) is 5.73 Å². The Morgan fingerprint density at radius 1 is 1.00 bits per heavy atom. The van der Waals surface area contributed by atoms with Crippen molar-refractivity contribution >= 4 is 37.9 Å². The Kier molecular flexibility index (Phi) is 3.73. The summed E-state index contributed by atoms with van der Waals surface area (Å²) in [6.07, 6.45) is 1.64.